The van der Waals surface area contributed by atoms with Gasteiger partial charge in [0.15, 0.2) is 17.6 Å². The first kappa shape index (κ1) is 27.0. The number of hydrogen-bond acceptors (Lipinski definition) is 8. The van der Waals surface area contributed by atoms with E-state index in [9.17, 15) is 14.7 Å². The number of thioether (sulfide) groups is 1. The Kier molecular flexibility index (Phi) is 11.2. The highest BCUT2D eigenvalue weighted by atomic mass is 32.2. The number of hydroxylamine groups is 1. The molecule has 0 fully saturated rings. The predicted octanol–water partition coefficient (Wildman–Crippen LogP) is 4.66. The summed E-state index contributed by atoms with van der Waals surface area (Å²) in [4.78, 5) is 25.0. The SMILES string of the molecule is CCO[C@H](CC/C=C/C(=O)NO)[C@H](OC(=O)Nc1ccc(SC)cc1)c1ccc(OC)c(O)c1. The number of allylic oxidation sites excluding steroid dienone is 1. The van der Waals surface area contributed by atoms with Crippen molar-refractivity contribution in [2.75, 3.05) is 25.3 Å². The molecule has 0 aliphatic rings. The van der Waals surface area contributed by atoms with Crippen molar-refractivity contribution in [2.45, 2.75) is 36.9 Å². The first-order valence-electron chi connectivity index (χ1n) is 10.6. The topological polar surface area (TPSA) is 126 Å². The van der Waals surface area contributed by atoms with E-state index >= 15 is 0 Å². The van der Waals surface area contributed by atoms with Gasteiger partial charge in [0.05, 0.1) is 13.2 Å². The van der Waals surface area contributed by atoms with Gasteiger partial charge in [0.25, 0.3) is 5.91 Å². The van der Waals surface area contributed by atoms with Crippen molar-refractivity contribution >= 4 is 29.4 Å². The zero-order valence-corrected chi connectivity index (χ0v) is 20.1. The van der Waals surface area contributed by atoms with Crippen LogP contribution in [-0.4, -0.2) is 48.4 Å². The molecule has 0 saturated carbocycles. The minimum Gasteiger partial charge on any atom is -0.504 e. The van der Waals surface area contributed by atoms with Gasteiger partial charge < -0.3 is 19.3 Å². The number of carbonyl (C=O) groups excluding carboxylic acids is 2. The van der Waals surface area contributed by atoms with Crippen LogP contribution in [0, 0.1) is 0 Å². The molecular weight excluding hydrogens is 460 g/mol. The molecule has 34 heavy (non-hydrogen) atoms. The Hall–Kier alpha value is -3.21. The van der Waals surface area contributed by atoms with E-state index in [1.165, 1.54) is 24.7 Å². The van der Waals surface area contributed by atoms with E-state index in [1.807, 2.05) is 25.3 Å². The summed E-state index contributed by atoms with van der Waals surface area (Å²) < 4.78 is 16.7. The van der Waals surface area contributed by atoms with Gasteiger partial charge in [-0.3, -0.25) is 15.3 Å². The minimum atomic E-state index is -0.859. The fourth-order valence-electron chi connectivity index (χ4n) is 3.20. The summed E-state index contributed by atoms with van der Waals surface area (Å²) in [7, 11) is 1.44. The van der Waals surface area contributed by atoms with Crippen LogP contribution in [0.5, 0.6) is 11.5 Å². The molecule has 0 saturated heterocycles. The zero-order chi connectivity index (χ0) is 24.9. The number of benzene rings is 2. The van der Waals surface area contributed by atoms with Gasteiger partial charge >= 0.3 is 6.09 Å². The molecule has 2 atom stereocenters. The summed E-state index contributed by atoms with van der Waals surface area (Å²) in [6.07, 6.45) is 3.43. The molecule has 2 amide bonds. The van der Waals surface area contributed by atoms with Crippen molar-refractivity contribution in [1.82, 2.24) is 5.48 Å². The van der Waals surface area contributed by atoms with Crippen LogP contribution in [0.1, 0.15) is 31.4 Å². The average molecular weight is 491 g/mol. The molecule has 0 spiro atoms. The lowest BCUT2D eigenvalue weighted by atomic mass is 9.99. The van der Waals surface area contributed by atoms with Crippen molar-refractivity contribution in [2.24, 2.45) is 0 Å². The van der Waals surface area contributed by atoms with E-state index in [-0.39, 0.29) is 11.5 Å². The lowest BCUT2D eigenvalue weighted by molar-refractivity contribution is -0.124. The predicted molar refractivity (Wildman–Crippen MR) is 129 cm³/mol. The standard InChI is InChI=1S/C24H30N2O7S/c1-4-32-21(7-5-6-8-22(28)26-30)23(16-9-14-20(31-2)19(27)15-16)33-24(29)25-17-10-12-18(34-3)13-11-17/h6,8-15,21,23,27,30H,4-5,7H2,1-3H3,(H,25,29)(H,26,28)/b8-6+/t21-,23-/m1/s1. The van der Waals surface area contributed by atoms with E-state index < -0.39 is 24.2 Å². The first-order valence-corrected chi connectivity index (χ1v) is 11.8. The lowest BCUT2D eigenvalue weighted by Crippen LogP contribution is -2.29. The third-order valence-electron chi connectivity index (χ3n) is 4.82. The summed E-state index contributed by atoms with van der Waals surface area (Å²) in [5.41, 5.74) is 2.61. The van der Waals surface area contributed by atoms with Gasteiger partial charge in [-0.2, -0.15) is 0 Å². The molecule has 0 radical (unpaired) electrons. The number of phenolic OH excluding ortho intramolecular Hbond substituents is 1. The Morgan fingerprint density at radius 3 is 2.50 bits per heavy atom. The Balaban J connectivity index is 2.25. The molecule has 0 unspecified atom stereocenters. The van der Waals surface area contributed by atoms with Crippen molar-refractivity contribution in [3.8, 4) is 11.5 Å². The third-order valence-corrected chi connectivity index (χ3v) is 5.56. The first-order chi connectivity index (χ1) is 16.4. The Morgan fingerprint density at radius 1 is 1.18 bits per heavy atom. The van der Waals surface area contributed by atoms with Crippen LogP contribution >= 0.6 is 11.8 Å². The molecule has 184 valence electrons. The summed E-state index contributed by atoms with van der Waals surface area (Å²) in [5, 5.41) is 21.6. The van der Waals surface area contributed by atoms with Crippen molar-refractivity contribution < 1.29 is 34.1 Å². The van der Waals surface area contributed by atoms with Gasteiger partial charge in [-0.05, 0) is 68.0 Å². The normalized spacial score (nSPS) is 12.7. The number of hydrogen-bond donors (Lipinski definition) is 4. The number of ether oxygens (including phenoxy) is 3. The molecule has 10 heteroatoms. The zero-order valence-electron chi connectivity index (χ0n) is 19.3. The number of amides is 2. The molecule has 0 bridgehead atoms. The third kappa shape index (κ3) is 8.29. The van der Waals surface area contributed by atoms with E-state index in [2.05, 4.69) is 5.32 Å². The molecule has 0 aromatic heterocycles. The van der Waals surface area contributed by atoms with Crippen LogP contribution < -0.4 is 15.5 Å². The summed E-state index contributed by atoms with van der Waals surface area (Å²) >= 11 is 1.59. The van der Waals surface area contributed by atoms with Crippen molar-refractivity contribution in [1.29, 1.82) is 0 Å². The molecule has 0 aliphatic carbocycles. The lowest BCUT2D eigenvalue weighted by Gasteiger charge is -2.27. The maximum Gasteiger partial charge on any atom is 0.412 e. The molecule has 0 heterocycles. The fourth-order valence-corrected chi connectivity index (χ4v) is 3.61. The van der Waals surface area contributed by atoms with Gasteiger partial charge in [0.1, 0.15) is 0 Å². The van der Waals surface area contributed by atoms with E-state index in [1.54, 1.807) is 42.1 Å². The number of anilines is 1. The van der Waals surface area contributed by atoms with Crippen molar-refractivity contribution in [3.05, 3.63) is 60.2 Å². The van der Waals surface area contributed by atoms with Gasteiger partial charge in [-0.25, -0.2) is 10.3 Å². The molecular formula is C24H30N2O7S. The molecule has 2 rings (SSSR count). The second kappa shape index (κ2) is 14.1. The monoisotopic (exact) mass is 490 g/mol. The molecule has 2 aromatic carbocycles. The quantitative estimate of drug-likeness (QED) is 0.146. The Labute approximate surface area is 203 Å². The van der Waals surface area contributed by atoms with Gasteiger partial charge in [0.2, 0.25) is 0 Å². The number of aromatic hydroxyl groups is 1. The van der Waals surface area contributed by atoms with Crippen LogP contribution in [0.3, 0.4) is 0 Å². The van der Waals surface area contributed by atoms with Crippen molar-refractivity contribution in [3.63, 3.8) is 0 Å². The Morgan fingerprint density at radius 2 is 1.91 bits per heavy atom. The highest BCUT2D eigenvalue weighted by molar-refractivity contribution is 7.98. The fraction of sp³-hybridized carbons (Fsp3) is 0.333. The second-order valence-corrected chi connectivity index (χ2v) is 7.94. The molecule has 9 nitrogen and oxygen atoms in total. The maximum atomic E-state index is 12.7. The average Bonchev–Trinajstić information content (AvgIpc) is 2.84. The minimum absolute atomic E-state index is 0.101. The van der Waals surface area contributed by atoms with Gasteiger partial charge in [-0.1, -0.05) is 12.1 Å². The highest BCUT2D eigenvalue weighted by Crippen LogP contribution is 2.34. The van der Waals surface area contributed by atoms with Crippen LogP contribution in [0.4, 0.5) is 10.5 Å². The number of methoxy groups -OCH3 is 1. The van der Waals surface area contributed by atoms with Crippen LogP contribution in [0.15, 0.2) is 59.5 Å². The number of phenols is 1. The smallest absolute Gasteiger partial charge is 0.412 e. The van der Waals surface area contributed by atoms with Gasteiger partial charge in [0, 0.05) is 23.3 Å². The number of carbonyl (C=O) groups is 2. The molecule has 4 N–H and O–H groups in total. The van der Waals surface area contributed by atoms with E-state index in [0.29, 0.717) is 30.7 Å². The summed E-state index contributed by atoms with van der Waals surface area (Å²) in [5.74, 6) is -0.462. The summed E-state index contributed by atoms with van der Waals surface area (Å²) in [6, 6.07) is 12.1. The summed E-state index contributed by atoms with van der Waals surface area (Å²) in [6.45, 7) is 2.17. The van der Waals surface area contributed by atoms with Crippen LogP contribution in [0.2, 0.25) is 0 Å². The number of nitrogens with one attached hydrogen (secondary N) is 2. The van der Waals surface area contributed by atoms with E-state index in [0.717, 1.165) is 4.90 Å². The number of rotatable bonds is 12. The van der Waals surface area contributed by atoms with Crippen LogP contribution in [-0.2, 0) is 14.3 Å². The highest BCUT2D eigenvalue weighted by Gasteiger charge is 2.28. The molecule has 0 aliphatic heterocycles. The maximum absolute atomic E-state index is 12.7. The van der Waals surface area contributed by atoms with E-state index in [4.69, 9.17) is 19.4 Å². The Bertz CT molecular complexity index is 966. The largest absolute Gasteiger partial charge is 0.504 e. The molecule has 2 aromatic rings. The second-order valence-electron chi connectivity index (χ2n) is 7.06. The van der Waals surface area contributed by atoms with Gasteiger partial charge in [-0.15, -0.1) is 11.8 Å². The van der Waals surface area contributed by atoms with Crippen LogP contribution in [0.25, 0.3) is 0 Å².